The molecule has 0 saturated heterocycles. The van der Waals surface area contributed by atoms with Crippen LogP contribution in [0.1, 0.15) is 20.8 Å². The maximum Gasteiger partial charge on any atom is 0.270 e. The molecule has 1 aromatic carbocycles. The van der Waals surface area contributed by atoms with Crippen LogP contribution in [0.5, 0.6) is 0 Å². The summed E-state index contributed by atoms with van der Waals surface area (Å²) >= 11 is 1.08. The Bertz CT molecular complexity index is 1190. The number of carbonyl (C=O) groups excluding carboxylic acids is 2. The molecule has 0 atom stereocenters. The molecule has 10 heteroatoms. The third-order valence-corrected chi connectivity index (χ3v) is 5.71. The fourth-order valence-corrected chi connectivity index (χ4v) is 3.92. The van der Waals surface area contributed by atoms with E-state index in [-0.39, 0.29) is 23.6 Å². The maximum atomic E-state index is 12.8. The SMILES string of the molecule is CCNC(=O)/C(C#N)=c1\s/c(=C/Nc2cccc(NC(=O)CN(C)CC)c2)c(=O)n1CC. The smallest absolute Gasteiger partial charge is 0.270 e. The lowest BCUT2D eigenvalue weighted by molar-refractivity contribution is -0.117. The fourth-order valence-electron chi connectivity index (χ4n) is 2.83. The molecule has 2 aromatic rings. The number of likely N-dealkylation sites (N-methyl/N-ethyl adjacent to an activating group) is 1. The van der Waals surface area contributed by atoms with E-state index in [1.807, 2.05) is 24.9 Å². The molecule has 9 nitrogen and oxygen atoms in total. The molecule has 0 aliphatic rings. The summed E-state index contributed by atoms with van der Waals surface area (Å²) in [6.45, 7) is 7.29. The molecule has 1 aromatic heterocycles. The molecular weight excluding hydrogens is 428 g/mol. The van der Waals surface area contributed by atoms with Crippen LogP contribution in [0.25, 0.3) is 11.8 Å². The van der Waals surface area contributed by atoms with Gasteiger partial charge in [-0.25, -0.2) is 0 Å². The fraction of sp³-hybridized carbons (Fsp3) is 0.364. The van der Waals surface area contributed by atoms with Crippen molar-refractivity contribution in [3.63, 3.8) is 0 Å². The van der Waals surface area contributed by atoms with Crippen molar-refractivity contribution in [1.82, 2.24) is 14.8 Å². The minimum Gasteiger partial charge on any atom is -0.360 e. The summed E-state index contributed by atoms with van der Waals surface area (Å²) in [6, 6.07) is 9.04. The van der Waals surface area contributed by atoms with Gasteiger partial charge in [0, 0.05) is 30.7 Å². The van der Waals surface area contributed by atoms with E-state index in [0.717, 1.165) is 17.9 Å². The predicted octanol–water partition coefficient (Wildman–Crippen LogP) is 0.480. The highest BCUT2D eigenvalue weighted by Gasteiger charge is 2.14. The second kappa shape index (κ2) is 11.8. The summed E-state index contributed by atoms with van der Waals surface area (Å²) < 4.78 is 2.09. The number of hydrogen-bond donors (Lipinski definition) is 3. The Morgan fingerprint density at radius 3 is 2.59 bits per heavy atom. The van der Waals surface area contributed by atoms with Gasteiger partial charge in [0.05, 0.1) is 6.54 Å². The molecule has 0 fully saturated rings. The van der Waals surface area contributed by atoms with Crippen molar-refractivity contribution in [2.24, 2.45) is 0 Å². The van der Waals surface area contributed by atoms with Gasteiger partial charge < -0.3 is 16.0 Å². The van der Waals surface area contributed by atoms with Gasteiger partial charge in [0.1, 0.15) is 15.3 Å². The van der Waals surface area contributed by atoms with Crippen molar-refractivity contribution in [1.29, 1.82) is 5.26 Å². The van der Waals surface area contributed by atoms with E-state index in [4.69, 9.17) is 0 Å². The summed E-state index contributed by atoms with van der Waals surface area (Å²) in [6.07, 6.45) is 1.54. The second-order valence-electron chi connectivity index (χ2n) is 6.92. The first-order valence-corrected chi connectivity index (χ1v) is 11.1. The van der Waals surface area contributed by atoms with Gasteiger partial charge >= 0.3 is 0 Å². The van der Waals surface area contributed by atoms with E-state index in [0.29, 0.717) is 33.7 Å². The standard InChI is InChI=1S/C22H28N6O3S/c1-5-24-20(30)17(12-23)22-28(7-3)21(31)18(32-22)13-25-15-9-8-10-16(11-15)26-19(29)14-27(4)6-2/h8-11,13,25H,5-7,14H2,1-4H3,(H,24,30)(H,26,29)/b18-13+,22-17-. The van der Waals surface area contributed by atoms with E-state index in [1.54, 1.807) is 44.3 Å². The van der Waals surface area contributed by atoms with Crippen molar-refractivity contribution < 1.29 is 9.59 Å². The van der Waals surface area contributed by atoms with Crippen LogP contribution in [0.3, 0.4) is 0 Å². The Morgan fingerprint density at radius 1 is 1.25 bits per heavy atom. The third-order valence-electron chi connectivity index (χ3n) is 4.58. The minimum absolute atomic E-state index is 0.0859. The molecule has 3 N–H and O–H groups in total. The Balaban J connectivity index is 2.34. The lowest BCUT2D eigenvalue weighted by Crippen LogP contribution is -2.34. The molecule has 32 heavy (non-hydrogen) atoms. The zero-order chi connectivity index (χ0) is 23.7. The van der Waals surface area contributed by atoms with Crippen LogP contribution in [-0.2, 0) is 16.1 Å². The Hall–Kier alpha value is -3.42. The molecule has 1 heterocycles. The minimum atomic E-state index is -0.505. The van der Waals surface area contributed by atoms with Crippen molar-refractivity contribution >= 4 is 46.3 Å². The molecule has 0 radical (unpaired) electrons. The van der Waals surface area contributed by atoms with Crippen LogP contribution >= 0.6 is 11.3 Å². The highest BCUT2D eigenvalue weighted by atomic mass is 32.1. The average Bonchev–Trinajstić information content (AvgIpc) is 3.08. The summed E-state index contributed by atoms with van der Waals surface area (Å²) in [7, 11) is 1.87. The first kappa shape index (κ1) is 24.8. The summed E-state index contributed by atoms with van der Waals surface area (Å²) in [5, 5.41) is 18.0. The molecule has 2 amide bonds. The first-order valence-electron chi connectivity index (χ1n) is 10.3. The molecule has 0 saturated carbocycles. The third kappa shape index (κ3) is 6.29. The van der Waals surface area contributed by atoms with Gasteiger partial charge in [0.25, 0.3) is 11.5 Å². The number of carbonyl (C=O) groups is 2. The van der Waals surface area contributed by atoms with Gasteiger partial charge in [-0.2, -0.15) is 5.26 Å². The molecule has 0 aliphatic carbocycles. The number of amides is 2. The number of aromatic nitrogens is 1. The topological polar surface area (TPSA) is 119 Å². The van der Waals surface area contributed by atoms with Gasteiger partial charge in [0.15, 0.2) is 5.57 Å². The molecule has 0 bridgehead atoms. The number of nitrogens with one attached hydrogen (secondary N) is 3. The average molecular weight is 457 g/mol. The zero-order valence-electron chi connectivity index (χ0n) is 18.7. The van der Waals surface area contributed by atoms with Gasteiger partial charge in [-0.05, 0) is 45.6 Å². The van der Waals surface area contributed by atoms with Crippen LogP contribution in [0.15, 0.2) is 29.1 Å². The summed E-state index contributed by atoms with van der Waals surface area (Å²) in [5.41, 5.74) is 0.936. The number of thiazole rings is 1. The number of nitriles is 1. The summed E-state index contributed by atoms with van der Waals surface area (Å²) in [5.74, 6) is -0.621. The van der Waals surface area contributed by atoms with Gasteiger partial charge in [-0.3, -0.25) is 23.9 Å². The van der Waals surface area contributed by atoms with E-state index in [9.17, 15) is 19.6 Å². The number of anilines is 2. The van der Waals surface area contributed by atoms with Crippen LogP contribution < -0.4 is 30.7 Å². The highest BCUT2D eigenvalue weighted by molar-refractivity contribution is 7.07. The Morgan fingerprint density at radius 2 is 1.97 bits per heavy atom. The molecular formula is C22H28N6O3S. The van der Waals surface area contributed by atoms with Crippen LogP contribution in [0, 0.1) is 11.3 Å². The Kier molecular flexibility index (Phi) is 9.19. The van der Waals surface area contributed by atoms with Crippen molar-refractivity contribution in [2.45, 2.75) is 27.3 Å². The Labute approximate surface area is 190 Å². The number of hydrogen-bond acceptors (Lipinski definition) is 7. The van der Waals surface area contributed by atoms with E-state index < -0.39 is 5.91 Å². The maximum absolute atomic E-state index is 12.8. The predicted molar refractivity (Wildman–Crippen MR) is 128 cm³/mol. The largest absolute Gasteiger partial charge is 0.360 e. The second-order valence-corrected chi connectivity index (χ2v) is 7.95. The molecule has 0 unspecified atom stereocenters. The number of rotatable bonds is 9. The summed E-state index contributed by atoms with van der Waals surface area (Å²) in [4.78, 5) is 39.0. The highest BCUT2D eigenvalue weighted by Crippen LogP contribution is 2.15. The molecule has 0 aliphatic heterocycles. The lowest BCUT2D eigenvalue weighted by Gasteiger charge is -2.13. The van der Waals surface area contributed by atoms with Crippen molar-refractivity contribution in [3.8, 4) is 6.07 Å². The quantitative estimate of drug-likeness (QED) is 0.505. The molecule has 2 rings (SSSR count). The molecule has 0 spiro atoms. The number of benzene rings is 1. The zero-order valence-corrected chi connectivity index (χ0v) is 19.5. The van der Waals surface area contributed by atoms with Gasteiger partial charge in [-0.15, -0.1) is 11.3 Å². The van der Waals surface area contributed by atoms with Crippen molar-refractivity contribution in [3.05, 3.63) is 43.8 Å². The van der Waals surface area contributed by atoms with Crippen LogP contribution in [0.4, 0.5) is 11.4 Å². The lowest BCUT2D eigenvalue weighted by atomic mass is 10.2. The first-order chi connectivity index (χ1) is 15.3. The van der Waals surface area contributed by atoms with Gasteiger partial charge in [0.2, 0.25) is 5.91 Å². The van der Waals surface area contributed by atoms with Crippen molar-refractivity contribution in [2.75, 3.05) is 37.3 Å². The molecule has 170 valence electrons. The van der Waals surface area contributed by atoms with Crippen LogP contribution in [-0.4, -0.2) is 48.0 Å². The van der Waals surface area contributed by atoms with E-state index in [2.05, 4.69) is 16.0 Å². The van der Waals surface area contributed by atoms with Crippen LogP contribution in [0.2, 0.25) is 0 Å². The van der Waals surface area contributed by atoms with E-state index >= 15 is 0 Å². The van der Waals surface area contributed by atoms with Gasteiger partial charge in [-0.1, -0.05) is 13.0 Å². The number of nitrogens with zero attached hydrogens (tertiary/aromatic N) is 3. The monoisotopic (exact) mass is 456 g/mol. The normalized spacial score (nSPS) is 12.3. The van der Waals surface area contributed by atoms with E-state index in [1.165, 1.54) is 4.57 Å².